The second kappa shape index (κ2) is 9.27. The van der Waals surface area contributed by atoms with Gasteiger partial charge in [-0.2, -0.15) is 0 Å². The van der Waals surface area contributed by atoms with Gasteiger partial charge in [0.05, 0.1) is 16.3 Å². The first-order valence-corrected chi connectivity index (χ1v) is 12.5. The van der Waals surface area contributed by atoms with Gasteiger partial charge in [0.25, 0.3) is 0 Å². The van der Waals surface area contributed by atoms with Crippen LogP contribution in [0.2, 0.25) is 0 Å². The fourth-order valence-corrected chi connectivity index (χ4v) is 6.44. The molecule has 1 fully saturated rings. The maximum Gasteiger partial charge on any atom is 0.348 e. The summed E-state index contributed by atoms with van der Waals surface area (Å²) in [5.41, 5.74) is 3.98. The van der Waals surface area contributed by atoms with Crippen LogP contribution in [0.4, 0.5) is 10.8 Å². The number of benzene rings is 2. The van der Waals surface area contributed by atoms with Gasteiger partial charge in [0.1, 0.15) is 4.88 Å². The van der Waals surface area contributed by atoms with Crippen LogP contribution >= 0.6 is 22.7 Å². The van der Waals surface area contributed by atoms with Gasteiger partial charge in [-0.05, 0) is 36.0 Å². The predicted molar refractivity (Wildman–Crippen MR) is 133 cm³/mol. The standard InChI is InChI=1S/C26H24N2O2S2/c29-25(30)24-21(16-22(31-24)18-11-7-8-12-18)28-26-27-20(15-17-9-3-1-4-10-17)23(32-26)19-13-5-2-6-14-19/h1-6,9-10,13-14,16,18H,7-8,11-12,15H2,(H,27,28)(H,29,30). The lowest BCUT2D eigenvalue weighted by Gasteiger charge is -2.04. The van der Waals surface area contributed by atoms with Crippen LogP contribution in [0.3, 0.4) is 0 Å². The molecule has 32 heavy (non-hydrogen) atoms. The Morgan fingerprint density at radius 1 is 1.00 bits per heavy atom. The van der Waals surface area contributed by atoms with Gasteiger partial charge in [-0.3, -0.25) is 0 Å². The van der Waals surface area contributed by atoms with E-state index in [0.29, 0.717) is 16.5 Å². The van der Waals surface area contributed by atoms with Crippen LogP contribution in [-0.4, -0.2) is 16.1 Å². The number of nitrogens with zero attached hydrogens (tertiary/aromatic N) is 1. The average Bonchev–Trinajstić information content (AvgIpc) is 3.55. The van der Waals surface area contributed by atoms with E-state index in [0.717, 1.165) is 40.5 Å². The van der Waals surface area contributed by atoms with Crippen molar-refractivity contribution in [1.82, 2.24) is 4.98 Å². The number of carbonyl (C=O) groups is 1. The molecule has 0 amide bonds. The van der Waals surface area contributed by atoms with Crippen LogP contribution in [0.1, 0.15) is 57.4 Å². The molecule has 2 N–H and O–H groups in total. The molecule has 0 spiro atoms. The Labute approximate surface area is 195 Å². The van der Waals surface area contributed by atoms with Crippen LogP contribution in [0.5, 0.6) is 0 Å². The number of carboxylic acid groups (broad SMARTS) is 1. The number of nitrogens with one attached hydrogen (secondary N) is 1. The van der Waals surface area contributed by atoms with Gasteiger partial charge in [0.2, 0.25) is 0 Å². The molecule has 1 aliphatic rings. The zero-order valence-electron chi connectivity index (χ0n) is 17.6. The van der Waals surface area contributed by atoms with Gasteiger partial charge in [0, 0.05) is 11.3 Å². The number of hydrogen-bond donors (Lipinski definition) is 2. The average molecular weight is 461 g/mol. The van der Waals surface area contributed by atoms with Crippen molar-refractivity contribution in [3.05, 3.63) is 87.7 Å². The van der Waals surface area contributed by atoms with E-state index in [1.807, 2.05) is 42.5 Å². The molecule has 0 unspecified atom stereocenters. The van der Waals surface area contributed by atoms with Crippen molar-refractivity contribution >= 4 is 39.5 Å². The highest BCUT2D eigenvalue weighted by molar-refractivity contribution is 7.19. The molecule has 6 heteroatoms. The molecule has 1 saturated carbocycles. The van der Waals surface area contributed by atoms with Gasteiger partial charge >= 0.3 is 5.97 Å². The van der Waals surface area contributed by atoms with E-state index in [1.54, 1.807) is 11.3 Å². The molecule has 2 aromatic carbocycles. The van der Waals surface area contributed by atoms with Crippen molar-refractivity contribution in [3.8, 4) is 10.4 Å². The van der Waals surface area contributed by atoms with Crippen LogP contribution in [0, 0.1) is 0 Å². The third kappa shape index (κ3) is 4.47. The molecular weight excluding hydrogens is 436 g/mol. The smallest absolute Gasteiger partial charge is 0.348 e. The van der Waals surface area contributed by atoms with Crippen molar-refractivity contribution in [2.24, 2.45) is 0 Å². The highest BCUT2D eigenvalue weighted by atomic mass is 32.1. The molecule has 0 radical (unpaired) electrons. The topological polar surface area (TPSA) is 62.2 Å². The molecule has 0 atom stereocenters. The lowest BCUT2D eigenvalue weighted by molar-refractivity contribution is 0.0703. The lowest BCUT2D eigenvalue weighted by Crippen LogP contribution is -1.98. The largest absolute Gasteiger partial charge is 0.477 e. The molecule has 4 nitrogen and oxygen atoms in total. The molecule has 162 valence electrons. The zero-order chi connectivity index (χ0) is 21.9. The summed E-state index contributed by atoms with van der Waals surface area (Å²) in [6, 6.07) is 22.6. The number of aromatic carboxylic acids is 1. The number of hydrogen-bond acceptors (Lipinski definition) is 5. The Balaban J connectivity index is 1.49. The molecule has 5 rings (SSSR count). The maximum absolute atomic E-state index is 11.9. The number of aromatic nitrogens is 1. The summed E-state index contributed by atoms with van der Waals surface area (Å²) in [6.07, 6.45) is 5.48. The summed E-state index contributed by atoms with van der Waals surface area (Å²) in [5.74, 6) is -0.399. The normalized spacial score (nSPS) is 14.0. The van der Waals surface area contributed by atoms with Gasteiger partial charge < -0.3 is 10.4 Å². The van der Waals surface area contributed by atoms with Crippen LogP contribution in [0.15, 0.2) is 66.7 Å². The number of thiazole rings is 1. The minimum atomic E-state index is -0.883. The number of carboxylic acids is 1. The predicted octanol–water partition coefficient (Wildman–Crippen LogP) is 7.56. The number of thiophene rings is 1. The van der Waals surface area contributed by atoms with E-state index in [-0.39, 0.29) is 0 Å². The zero-order valence-corrected chi connectivity index (χ0v) is 19.2. The summed E-state index contributed by atoms with van der Waals surface area (Å²) in [7, 11) is 0. The van der Waals surface area contributed by atoms with E-state index < -0.39 is 5.97 Å². The first-order valence-electron chi connectivity index (χ1n) is 10.9. The van der Waals surface area contributed by atoms with Gasteiger partial charge in [-0.1, -0.05) is 84.8 Å². The fourth-order valence-electron chi connectivity index (χ4n) is 4.32. The summed E-state index contributed by atoms with van der Waals surface area (Å²) in [5, 5.41) is 13.9. The van der Waals surface area contributed by atoms with E-state index in [1.165, 1.54) is 34.6 Å². The van der Waals surface area contributed by atoms with E-state index in [9.17, 15) is 9.90 Å². The molecule has 4 aromatic rings. The lowest BCUT2D eigenvalue weighted by atomic mass is 10.1. The number of rotatable bonds is 7. The van der Waals surface area contributed by atoms with Crippen molar-refractivity contribution in [1.29, 1.82) is 0 Å². The summed E-state index contributed by atoms with van der Waals surface area (Å²) in [6.45, 7) is 0. The first kappa shape index (κ1) is 20.9. The molecule has 1 aliphatic carbocycles. The Morgan fingerprint density at radius 2 is 1.69 bits per heavy atom. The maximum atomic E-state index is 11.9. The molecule has 2 aromatic heterocycles. The van der Waals surface area contributed by atoms with Crippen LogP contribution < -0.4 is 5.32 Å². The van der Waals surface area contributed by atoms with Crippen LogP contribution in [-0.2, 0) is 6.42 Å². The van der Waals surface area contributed by atoms with Crippen molar-refractivity contribution < 1.29 is 9.90 Å². The molecule has 2 heterocycles. The van der Waals surface area contributed by atoms with Crippen LogP contribution in [0.25, 0.3) is 10.4 Å². The Hall–Kier alpha value is -2.96. The second-order valence-electron chi connectivity index (χ2n) is 8.13. The minimum absolute atomic E-state index is 0.368. The Bertz CT molecular complexity index is 1210. The van der Waals surface area contributed by atoms with Crippen molar-refractivity contribution in [2.45, 2.75) is 38.0 Å². The summed E-state index contributed by atoms with van der Waals surface area (Å²) < 4.78 is 0. The molecule has 0 saturated heterocycles. The van der Waals surface area contributed by atoms with Crippen molar-refractivity contribution in [2.75, 3.05) is 5.32 Å². The van der Waals surface area contributed by atoms with Crippen molar-refractivity contribution in [3.63, 3.8) is 0 Å². The number of anilines is 2. The second-order valence-corrected chi connectivity index (χ2v) is 10.2. The molecule has 0 aliphatic heterocycles. The Kier molecular flexibility index (Phi) is 6.06. The van der Waals surface area contributed by atoms with Gasteiger partial charge in [-0.25, -0.2) is 9.78 Å². The van der Waals surface area contributed by atoms with Gasteiger partial charge in [0.15, 0.2) is 5.13 Å². The minimum Gasteiger partial charge on any atom is -0.477 e. The third-order valence-corrected chi connectivity index (χ3v) is 8.24. The highest BCUT2D eigenvalue weighted by Gasteiger charge is 2.24. The highest BCUT2D eigenvalue weighted by Crippen LogP contribution is 2.42. The Morgan fingerprint density at radius 3 is 2.38 bits per heavy atom. The summed E-state index contributed by atoms with van der Waals surface area (Å²) >= 11 is 2.99. The first-order chi connectivity index (χ1) is 15.7. The van der Waals surface area contributed by atoms with E-state index in [2.05, 4.69) is 29.6 Å². The van der Waals surface area contributed by atoms with Gasteiger partial charge in [-0.15, -0.1) is 11.3 Å². The molecular formula is C26H24N2O2S2. The molecule has 0 bridgehead atoms. The van der Waals surface area contributed by atoms with E-state index >= 15 is 0 Å². The van der Waals surface area contributed by atoms with E-state index in [4.69, 9.17) is 4.98 Å². The SMILES string of the molecule is O=C(O)c1sc(C2CCCC2)cc1Nc1nc(Cc2ccccc2)c(-c2ccccc2)s1. The fraction of sp³-hybridized carbons (Fsp3) is 0.231. The quantitative estimate of drug-likeness (QED) is 0.299. The third-order valence-electron chi connectivity index (χ3n) is 5.89. The summed E-state index contributed by atoms with van der Waals surface area (Å²) in [4.78, 5) is 19.5. The monoisotopic (exact) mass is 460 g/mol.